The maximum absolute atomic E-state index is 11.3. The lowest BCUT2D eigenvalue weighted by Crippen LogP contribution is -2.35. The number of hydrogen-bond donors (Lipinski definition) is 2. The molecule has 0 aromatic carbocycles. The van der Waals surface area contributed by atoms with Crippen LogP contribution in [0, 0.1) is 0 Å². The molecule has 4 rings (SSSR count). The molecule has 1 atom stereocenters. The summed E-state index contributed by atoms with van der Waals surface area (Å²) in [6.07, 6.45) is 5.87. The Hall–Kier alpha value is -2.31. The summed E-state index contributed by atoms with van der Waals surface area (Å²) < 4.78 is 5.51. The largest absolute Gasteiger partial charge is 0.441 e. The van der Waals surface area contributed by atoms with Gasteiger partial charge in [-0.3, -0.25) is 0 Å². The molecule has 2 aromatic rings. The highest BCUT2D eigenvalue weighted by Gasteiger charge is 2.41. The summed E-state index contributed by atoms with van der Waals surface area (Å²) in [4.78, 5) is 25.4. The SMILES string of the molecule is O=C1NC[C@@]2(CCCN(c3ncnc4[nH]ccc34)CC2)O1. The smallest absolute Gasteiger partial charge is 0.407 e. The number of nitrogens with one attached hydrogen (secondary N) is 2. The summed E-state index contributed by atoms with van der Waals surface area (Å²) in [6, 6.07) is 2.00. The Bertz CT molecular complexity index is 685. The van der Waals surface area contributed by atoms with Crippen LogP contribution in [0.1, 0.15) is 19.3 Å². The van der Waals surface area contributed by atoms with E-state index >= 15 is 0 Å². The number of carbonyl (C=O) groups is 1. The highest BCUT2D eigenvalue weighted by Crippen LogP contribution is 2.32. The van der Waals surface area contributed by atoms with Crippen molar-refractivity contribution in [2.45, 2.75) is 24.9 Å². The van der Waals surface area contributed by atoms with Crippen LogP contribution in [0.4, 0.5) is 10.6 Å². The molecule has 2 N–H and O–H groups in total. The van der Waals surface area contributed by atoms with Crippen LogP contribution < -0.4 is 10.2 Å². The second-order valence-electron chi connectivity index (χ2n) is 5.70. The van der Waals surface area contributed by atoms with E-state index in [4.69, 9.17) is 4.74 Å². The van der Waals surface area contributed by atoms with Crippen LogP contribution in [0.3, 0.4) is 0 Å². The fraction of sp³-hybridized carbons (Fsp3) is 0.500. The topological polar surface area (TPSA) is 83.1 Å². The van der Waals surface area contributed by atoms with Crippen LogP contribution in [0.15, 0.2) is 18.6 Å². The summed E-state index contributed by atoms with van der Waals surface area (Å²) in [6.45, 7) is 2.35. The Morgan fingerprint density at radius 1 is 1.29 bits per heavy atom. The molecular weight excluding hydrogens is 270 g/mol. The molecule has 1 spiro atoms. The highest BCUT2D eigenvalue weighted by molar-refractivity contribution is 5.87. The van der Waals surface area contributed by atoms with Crippen molar-refractivity contribution in [3.05, 3.63) is 18.6 Å². The maximum Gasteiger partial charge on any atom is 0.407 e. The van der Waals surface area contributed by atoms with Crippen molar-refractivity contribution in [2.24, 2.45) is 0 Å². The van der Waals surface area contributed by atoms with Gasteiger partial charge in [0.15, 0.2) is 0 Å². The van der Waals surface area contributed by atoms with Gasteiger partial charge in [-0.15, -0.1) is 0 Å². The molecule has 0 saturated carbocycles. The lowest BCUT2D eigenvalue weighted by Gasteiger charge is -2.25. The number of hydrogen-bond acceptors (Lipinski definition) is 5. The van der Waals surface area contributed by atoms with Crippen LogP contribution in [-0.2, 0) is 4.74 Å². The summed E-state index contributed by atoms with van der Waals surface area (Å²) in [7, 11) is 0. The van der Waals surface area contributed by atoms with Gasteiger partial charge in [0.2, 0.25) is 0 Å². The molecule has 2 aliphatic rings. The second kappa shape index (κ2) is 4.61. The normalized spacial score (nSPS) is 25.9. The lowest BCUT2D eigenvalue weighted by atomic mass is 9.95. The average Bonchev–Trinajstić information content (AvgIpc) is 3.04. The Morgan fingerprint density at radius 2 is 2.24 bits per heavy atom. The molecule has 0 unspecified atom stereocenters. The van der Waals surface area contributed by atoms with E-state index in [1.54, 1.807) is 6.33 Å². The lowest BCUT2D eigenvalue weighted by molar-refractivity contribution is 0.0473. The van der Waals surface area contributed by atoms with E-state index in [0.29, 0.717) is 6.54 Å². The number of ether oxygens (including phenoxy) is 1. The van der Waals surface area contributed by atoms with E-state index in [1.807, 2.05) is 12.3 Å². The first-order valence-corrected chi connectivity index (χ1v) is 7.26. The molecule has 110 valence electrons. The van der Waals surface area contributed by atoms with Crippen molar-refractivity contribution >= 4 is 22.9 Å². The fourth-order valence-corrected chi connectivity index (χ4v) is 3.27. The molecule has 0 aliphatic carbocycles. The molecule has 1 amide bonds. The summed E-state index contributed by atoms with van der Waals surface area (Å²) in [5.74, 6) is 0.954. The van der Waals surface area contributed by atoms with Crippen molar-refractivity contribution in [2.75, 3.05) is 24.5 Å². The zero-order valence-electron chi connectivity index (χ0n) is 11.6. The van der Waals surface area contributed by atoms with Crippen molar-refractivity contribution in [3.8, 4) is 0 Å². The minimum absolute atomic E-state index is 0.293. The van der Waals surface area contributed by atoms with E-state index in [1.165, 1.54) is 0 Å². The quantitative estimate of drug-likeness (QED) is 0.829. The molecule has 2 aromatic heterocycles. The number of anilines is 1. The van der Waals surface area contributed by atoms with Gasteiger partial charge in [-0.1, -0.05) is 0 Å². The monoisotopic (exact) mass is 287 g/mol. The number of aromatic amines is 1. The second-order valence-corrected chi connectivity index (χ2v) is 5.70. The van der Waals surface area contributed by atoms with Crippen LogP contribution in [0.5, 0.6) is 0 Å². The number of aromatic nitrogens is 3. The Morgan fingerprint density at radius 3 is 3.10 bits per heavy atom. The van der Waals surface area contributed by atoms with Gasteiger partial charge in [0, 0.05) is 25.7 Å². The van der Waals surface area contributed by atoms with E-state index in [2.05, 4.69) is 25.2 Å². The molecule has 7 nitrogen and oxygen atoms in total. The first-order valence-electron chi connectivity index (χ1n) is 7.26. The first kappa shape index (κ1) is 12.4. The number of nitrogens with zero attached hydrogens (tertiary/aromatic N) is 3. The van der Waals surface area contributed by atoms with Crippen LogP contribution >= 0.6 is 0 Å². The van der Waals surface area contributed by atoms with Gasteiger partial charge >= 0.3 is 6.09 Å². The zero-order chi connectivity index (χ0) is 14.3. The third-order valence-electron chi connectivity index (χ3n) is 4.39. The van der Waals surface area contributed by atoms with Crippen molar-refractivity contribution < 1.29 is 9.53 Å². The molecule has 2 fully saturated rings. The molecule has 2 saturated heterocycles. The van der Waals surface area contributed by atoms with Gasteiger partial charge in [-0.2, -0.15) is 0 Å². The number of alkyl carbamates (subject to hydrolysis) is 1. The van der Waals surface area contributed by atoms with Crippen LogP contribution in [0.25, 0.3) is 11.0 Å². The minimum Gasteiger partial charge on any atom is -0.441 e. The molecule has 7 heteroatoms. The van der Waals surface area contributed by atoms with Gasteiger partial charge in [-0.05, 0) is 18.9 Å². The summed E-state index contributed by atoms with van der Waals surface area (Å²) in [5, 5.41) is 3.81. The third-order valence-corrected chi connectivity index (χ3v) is 4.39. The Balaban J connectivity index is 1.60. The molecule has 0 radical (unpaired) electrons. The molecule has 2 aliphatic heterocycles. The van der Waals surface area contributed by atoms with Crippen LogP contribution in [-0.4, -0.2) is 46.3 Å². The number of fused-ring (bicyclic) bond motifs is 1. The number of amides is 1. The van der Waals surface area contributed by atoms with Crippen molar-refractivity contribution in [1.82, 2.24) is 20.3 Å². The zero-order valence-corrected chi connectivity index (χ0v) is 11.6. The highest BCUT2D eigenvalue weighted by atomic mass is 16.6. The van der Waals surface area contributed by atoms with Crippen LogP contribution in [0.2, 0.25) is 0 Å². The van der Waals surface area contributed by atoms with E-state index in [-0.39, 0.29) is 11.7 Å². The molecule has 4 heterocycles. The van der Waals surface area contributed by atoms with Crippen molar-refractivity contribution in [3.63, 3.8) is 0 Å². The number of rotatable bonds is 1. The maximum atomic E-state index is 11.3. The summed E-state index contributed by atoms with van der Waals surface area (Å²) in [5.41, 5.74) is 0.517. The van der Waals surface area contributed by atoms with Gasteiger partial charge < -0.3 is 19.9 Å². The Kier molecular flexibility index (Phi) is 2.73. The van der Waals surface area contributed by atoms with Gasteiger partial charge in [0.1, 0.15) is 23.4 Å². The van der Waals surface area contributed by atoms with E-state index in [9.17, 15) is 4.79 Å². The number of H-pyrrole nitrogens is 1. The number of carbonyl (C=O) groups excluding carboxylic acids is 1. The standard InChI is InChI=1S/C14H17N5O2/c20-13-16-8-14(21-13)3-1-6-19(7-4-14)12-10-2-5-15-11(10)17-9-18-12/h2,5,9H,1,3-4,6-8H2,(H,16,20)(H,15,17,18)/t14-/m0/s1. The van der Waals surface area contributed by atoms with E-state index in [0.717, 1.165) is 49.2 Å². The van der Waals surface area contributed by atoms with Gasteiger partial charge in [-0.25, -0.2) is 14.8 Å². The predicted molar refractivity (Wildman–Crippen MR) is 77.2 cm³/mol. The fourth-order valence-electron chi connectivity index (χ4n) is 3.27. The Labute approximate surface area is 121 Å². The molecular formula is C14H17N5O2. The summed E-state index contributed by atoms with van der Waals surface area (Å²) >= 11 is 0. The minimum atomic E-state index is -0.337. The van der Waals surface area contributed by atoms with E-state index < -0.39 is 0 Å². The van der Waals surface area contributed by atoms with Crippen molar-refractivity contribution in [1.29, 1.82) is 0 Å². The molecule has 21 heavy (non-hydrogen) atoms. The average molecular weight is 287 g/mol. The molecule has 0 bridgehead atoms. The van der Waals surface area contributed by atoms with Gasteiger partial charge in [0.25, 0.3) is 0 Å². The third kappa shape index (κ3) is 2.09. The predicted octanol–water partition coefficient (Wildman–Crippen LogP) is 1.43. The first-order chi connectivity index (χ1) is 10.3. The van der Waals surface area contributed by atoms with Gasteiger partial charge in [0.05, 0.1) is 11.9 Å².